The maximum absolute atomic E-state index is 2.32. The third kappa shape index (κ3) is 12.0. The zero-order chi connectivity index (χ0) is 36.2. The van der Waals surface area contributed by atoms with Crippen molar-refractivity contribution in [1.82, 2.24) is 0 Å². The summed E-state index contributed by atoms with van der Waals surface area (Å²) in [5.74, 6) is 0. The average Bonchev–Trinajstić information content (AvgIpc) is 3.22. The molecule has 6 aromatic rings. The highest BCUT2D eigenvalue weighted by molar-refractivity contribution is 5.78. The topological polar surface area (TPSA) is 3.24 Å². The van der Waals surface area contributed by atoms with Gasteiger partial charge in [0.2, 0.25) is 0 Å². The molecule has 1 nitrogen and oxygen atoms in total. The number of anilines is 3. The lowest BCUT2D eigenvalue weighted by Gasteiger charge is -2.26. The van der Waals surface area contributed by atoms with Crippen LogP contribution in [0, 0.1) is 0 Å². The van der Waals surface area contributed by atoms with E-state index in [2.05, 4.69) is 236 Å². The standard InChI is InChI=1S/C52H45N/c1(8-20-44-22-12-5-13-23-44)3-10-28-47-32-38-50(39-33-47)53(52-42-36-49(37-43-52)31-19-18-30-46-26-16-7-17-27-46)51-40-34-48(35-41-51)29-11-4-2-9-21-45-24-14-6-15-25-45/h1-10,12-28,30-43H,11,29H2/b3-1+,4-2+,20-8+,21-9+,28-10+,30-18+,31-19+. The highest BCUT2D eigenvalue weighted by Gasteiger charge is 2.12. The highest BCUT2D eigenvalue weighted by atomic mass is 15.1. The summed E-state index contributed by atoms with van der Waals surface area (Å²) in [5, 5.41) is 0. The fourth-order valence-corrected chi connectivity index (χ4v) is 5.81. The van der Waals surface area contributed by atoms with Crippen molar-refractivity contribution in [2.45, 2.75) is 12.8 Å². The van der Waals surface area contributed by atoms with Crippen LogP contribution < -0.4 is 4.90 Å². The molecule has 258 valence electrons. The first kappa shape index (κ1) is 36.1. The predicted octanol–water partition coefficient (Wildman–Crippen LogP) is 14.4. The van der Waals surface area contributed by atoms with Crippen molar-refractivity contribution in [2.75, 3.05) is 4.90 Å². The zero-order valence-corrected chi connectivity index (χ0v) is 30.0. The lowest BCUT2D eigenvalue weighted by molar-refractivity contribution is 1.00. The summed E-state index contributed by atoms with van der Waals surface area (Å²) in [6.07, 6.45) is 31.5. The largest absolute Gasteiger partial charge is 0.311 e. The van der Waals surface area contributed by atoms with E-state index in [1.807, 2.05) is 18.2 Å². The van der Waals surface area contributed by atoms with Crippen LogP contribution in [0.1, 0.15) is 39.8 Å². The number of nitrogens with zero attached hydrogens (tertiary/aromatic N) is 1. The SMILES string of the molecule is C(=C\C=C\c1ccc(N(c2ccc(/C=C/C=C/c3ccccc3)cc2)c2ccc(CC/C=C/C=C/c3ccccc3)cc2)cc1)/C=C/c1ccccc1. The van der Waals surface area contributed by atoms with E-state index in [4.69, 9.17) is 0 Å². The minimum atomic E-state index is 0.991. The van der Waals surface area contributed by atoms with E-state index in [1.165, 1.54) is 22.3 Å². The molecule has 0 unspecified atom stereocenters. The molecule has 0 bridgehead atoms. The molecule has 0 aliphatic carbocycles. The lowest BCUT2D eigenvalue weighted by atomic mass is 10.1. The first-order valence-corrected chi connectivity index (χ1v) is 18.2. The Hall–Kier alpha value is -6.70. The van der Waals surface area contributed by atoms with E-state index in [0.29, 0.717) is 0 Å². The molecule has 0 spiro atoms. The molecule has 0 amide bonds. The number of benzene rings is 6. The number of allylic oxidation sites excluding steroid dienone is 9. The fraction of sp³-hybridized carbons (Fsp3) is 0.0385. The van der Waals surface area contributed by atoms with Crippen molar-refractivity contribution in [3.05, 3.63) is 252 Å². The van der Waals surface area contributed by atoms with Gasteiger partial charge in [-0.1, -0.05) is 212 Å². The fourth-order valence-electron chi connectivity index (χ4n) is 5.81. The normalized spacial score (nSPS) is 12.2. The molecule has 0 radical (unpaired) electrons. The summed E-state index contributed by atoms with van der Waals surface area (Å²) in [4.78, 5) is 2.32. The summed E-state index contributed by atoms with van der Waals surface area (Å²) in [6, 6.07) is 57.6. The van der Waals surface area contributed by atoms with Crippen molar-refractivity contribution < 1.29 is 0 Å². The van der Waals surface area contributed by atoms with Gasteiger partial charge in [-0.3, -0.25) is 0 Å². The molecule has 1 heteroatoms. The molecular formula is C52H45N. The quantitative estimate of drug-likeness (QED) is 0.0974. The second kappa shape index (κ2) is 20.2. The van der Waals surface area contributed by atoms with Crippen molar-refractivity contribution >= 4 is 47.4 Å². The molecule has 0 N–H and O–H groups in total. The molecule has 6 rings (SSSR count). The highest BCUT2D eigenvalue weighted by Crippen LogP contribution is 2.35. The predicted molar refractivity (Wildman–Crippen MR) is 232 cm³/mol. The number of rotatable bonds is 15. The Morgan fingerprint density at radius 2 is 0.623 bits per heavy atom. The van der Waals surface area contributed by atoms with Crippen LogP contribution >= 0.6 is 0 Å². The second-order valence-corrected chi connectivity index (χ2v) is 12.6. The molecule has 0 aliphatic rings. The van der Waals surface area contributed by atoms with Crippen LogP contribution in [0.15, 0.2) is 218 Å². The first-order chi connectivity index (χ1) is 26.3. The molecule has 0 heterocycles. The summed E-state index contributed by atoms with van der Waals surface area (Å²) in [6.45, 7) is 0. The Bertz CT molecular complexity index is 2160. The van der Waals surface area contributed by atoms with Crippen LogP contribution in [0.25, 0.3) is 30.4 Å². The second-order valence-electron chi connectivity index (χ2n) is 12.6. The van der Waals surface area contributed by atoms with Gasteiger partial charge in [-0.05, 0) is 82.6 Å². The van der Waals surface area contributed by atoms with E-state index >= 15 is 0 Å². The van der Waals surface area contributed by atoms with Gasteiger partial charge in [-0.25, -0.2) is 0 Å². The van der Waals surface area contributed by atoms with Gasteiger partial charge in [0.05, 0.1) is 0 Å². The average molecular weight is 684 g/mol. The molecule has 0 saturated carbocycles. The maximum atomic E-state index is 2.32. The van der Waals surface area contributed by atoms with E-state index in [-0.39, 0.29) is 0 Å². The van der Waals surface area contributed by atoms with Gasteiger partial charge in [0, 0.05) is 17.1 Å². The Labute approximate surface area is 315 Å². The van der Waals surface area contributed by atoms with Crippen LogP contribution in [0.2, 0.25) is 0 Å². The van der Waals surface area contributed by atoms with Crippen molar-refractivity contribution in [2.24, 2.45) is 0 Å². The molecule has 0 aliphatic heterocycles. The summed E-state index contributed by atoms with van der Waals surface area (Å²) < 4.78 is 0. The monoisotopic (exact) mass is 683 g/mol. The third-order valence-corrected chi connectivity index (χ3v) is 8.63. The molecule has 6 aromatic carbocycles. The summed E-state index contributed by atoms with van der Waals surface area (Å²) in [7, 11) is 0. The van der Waals surface area contributed by atoms with E-state index in [0.717, 1.165) is 41.0 Å². The minimum absolute atomic E-state index is 0.991. The zero-order valence-electron chi connectivity index (χ0n) is 30.0. The van der Waals surface area contributed by atoms with Crippen molar-refractivity contribution in [3.63, 3.8) is 0 Å². The van der Waals surface area contributed by atoms with Gasteiger partial charge in [0.25, 0.3) is 0 Å². The first-order valence-electron chi connectivity index (χ1n) is 18.2. The lowest BCUT2D eigenvalue weighted by Crippen LogP contribution is -2.10. The Morgan fingerprint density at radius 3 is 1.02 bits per heavy atom. The van der Waals surface area contributed by atoms with Gasteiger partial charge in [0.1, 0.15) is 0 Å². The van der Waals surface area contributed by atoms with Crippen molar-refractivity contribution in [1.29, 1.82) is 0 Å². The van der Waals surface area contributed by atoms with Crippen LogP contribution in [0.5, 0.6) is 0 Å². The molecule has 0 fully saturated rings. The van der Waals surface area contributed by atoms with Crippen LogP contribution in [0.4, 0.5) is 17.1 Å². The van der Waals surface area contributed by atoms with Gasteiger partial charge < -0.3 is 4.90 Å². The third-order valence-electron chi connectivity index (χ3n) is 8.63. The minimum Gasteiger partial charge on any atom is -0.311 e. The van der Waals surface area contributed by atoms with Crippen LogP contribution in [-0.4, -0.2) is 0 Å². The number of hydrogen-bond donors (Lipinski definition) is 0. The van der Waals surface area contributed by atoms with E-state index in [1.54, 1.807) is 0 Å². The Kier molecular flexibility index (Phi) is 13.8. The van der Waals surface area contributed by atoms with E-state index < -0.39 is 0 Å². The maximum Gasteiger partial charge on any atom is 0.0462 e. The van der Waals surface area contributed by atoms with Gasteiger partial charge in [-0.15, -0.1) is 0 Å². The summed E-state index contributed by atoms with van der Waals surface area (Å²) in [5.41, 5.74) is 10.6. The van der Waals surface area contributed by atoms with Gasteiger partial charge >= 0.3 is 0 Å². The smallest absolute Gasteiger partial charge is 0.0462 e. The molecule has 0 aromatic heterocycles. The van der Waals surface area contributed by atoms with Crippen molar-refractivity contribution in [3.8, 4) is 0 Å². The van der Waals surface area contributed by atoms with Gasteiger partial charge in [0.15, 0.2) is 0 Å². The number of hydrogen-bond acceptors (Lipinski definition) is 1. The van der Waals surface area contributed by atoms with Crippen LogP contribution in [-0.2, 0) is 6.42 Å². The Morgan fingerprint density at radius 1 is 0.302 bits per heavy atom. The molecular weight excluding hydrogens is 639 g/mol. The van der Waals surface area contributed by atoms with E-state index in [9.17, 15) is 0 Å². The molecule has 0 atom stereocenters. The molecule has 0 saturated heterocycles. The van der Waals surface area contributed by atoms with Crippen LogP contribution in [0.3, 0.4) is 0 Å². The van der Waals surface area contributed by atoms with Gasteiger partial charge in [-0.2, -0.15) is 0 Å². The molecule has 53 heavy (non-hydrogen) atoms. The Balaban J connectivity index is 1.14. The number of aryl methyl sites for hydroxylation is 1. The summed E-state index contributed by atoms with van der Waals surface area (Å²) >= 11 is 0.